The third-order valence-electron chi connectivity index (χ3n) is 2.56. The van der Waals surface area contributed by atoms with Crippen molar-refractivity contribution in [3.63, 3.8) is 0 Å². The van der Waals surface area contributed by atoms with Crippen LogP contribution in [0.5, 0.6) is 0 Å². The third kappa shape index (κ3) is 2.18. The van der Waals surface area contributed by atoms with Crippen molar-refractivity contribution in [3.8, 4) is 0 Å². The number of primary amides is 1. The predicted molar refractivity (Wildman–Crippen MR) is 63.5 cm³/mol. The topological polar surface area (TPSA) is 78.0 Å². The van der Waals surface area contributed by atoms with Crippen molar-refractivity contribution in [2.24, 2.45) is 5.73 Å². The molecule has 2 aromatic rings. The fourth-order valence-electron chi connectivity index (χ4n) is 1.80. The maximum atomic E-state index is 12.0. The van der Waals surface area contributed by atoms with E-state index in [0.717, 1.165) is 11.0 Å². The summed E-state index contributed by atoms with van der Waals surface area (Å²) in [6.07, 6.45) is 0.168. The first-order valence-electron chi connectivity index (χ1n) is 5.35. The third-order valence-corrected chi connectivity index (χ3v) is 2.56. The van der Waals surface area contributed by atoms with E-state index in [0.29, 0.717) is 5.82 Å². The van der Waals surface area contributed by atoms with Crippen LogP contribution in [0.25, 0.3) is 11.0 Å². The molecule has 0 saturated heterocycles. The molecule has 5 nitrogen and oxygen atoms in total. The lowest BCUT2D eigenvalue weighted by Crippen LogP contribution is -2.17. The quantitative estimate of drug-likeness (QED) is 0.863. The predicted octanol–water partition coefficient (Wildman–Crippen LogP) is 1.25. The minimum atomic E-state index is -0.472. The Labute approximate surface area is 98.2 Å². The van der Waals surface area contributed by atoms with Crippen molar-refractivity contribution in [1.82, 2.24) is 9.55 Å². The zero-order valence-corrected chi connectivity index (χ0v) is 9.51. The number of imidazole rings is 1. The molecule has 17 heavy (non-hydrogen) atoms. The van der Waals surface area contributed by atoms with Gasteiger partial charge in [0.2, 0.25) is 11.8 Å². The standard InChI is InChI=1S/C12H13N3O2/c1-8-14-9-4-2-3-5-10(9)15(8)12(17)7-6-11(13)16/h2-5H,6-7H2,1H3,(H2,13,16). The molecule has 1 amide bonds. The van der Waals surface area contributed by atoms with Crippen molar-refractivity contribution in [2.45, 2.75) is 19.8 Å². The zero-order chi connectivity index (χ0) is 12.4. The number of rotatable bonds is 3. The number of benzene rings is 1. The number of amides is 1. The number of aromatic nitrogens is 2. The number of carbonyl (C=O) groups excluding carboxylic acids is 2. The van der Waals surface area contributed by atoms with Gasteiger partial charge < -0.3 is 5.73 Å². The summed E-state index contributed by atoms with van der Waals surface area (Å²) < 4.78 is 1.53. The molecule has 1 aromatic carbocycles. The molecule has 0 bridgehead atoms. The fourth-order valence-corrected chi connectivity index (χ4v) is 1.80. The van der Waals surface area contributed by atoms with Gasteiger partial charge in [-0.3, -0.25) is 14.2 Å². The summed E-state index contributed by atoms with van der Waals surface area (Å²) >= 11 is 0. The highest BCUT2D eigenvalue weighted by molar-refractivity contribution is 5.92. The molecule has 0 radical (unpaired) electrons. The Kier molecular flexibility index (Phi) is 2.91. The fraction of sp³-hybridized carbons (Fsp3) is 0.250. The number of nitrogens with two attached hydrogens (primary N) is 1. The van der Waals surface area contributed by atoms with Crippen molar-refractivity contribution >= 4 is 22.8 Å². The zero-order valence-electron chi connectivity index (χ0n) is 9.51. The molecule has 0 fully saturated rings. The summed E-state index contributed by atoms with van der Waals surface area (Å²) in [6.45, 7) is 1.77. The molecule has 0 aliphatic carbocycles. The first-order valence-corrected chi connectivity index (χ1v) is 5.35. The van der Waals surface area contributed by atoms with Crippen molar-refractivity contribution in [3.05, 3.63) is 30.1 Å². The van der Waals surface area contributed by atoms with Gasteiger partial charge in [0, 0.05) is 12.8 Å². The van der Waals surface area contributed by atoms with Crippen LogP contribution in [0.2, 0.25) is 0 Å². The number of hydrogen-bond donors (Lipinski definition) is 1. The molecule has 0 spiro atoms. The molecule has 2 rings (SSSR count). The van der Waals surface area contributed by atoms with Gasteiger partial charge in [0.15, 0.2) is 0 Å². The molecule has 0 saturated carbocycles. The Bertz CT molecular complexity index is 586. The molecule has 5 heteroatoms. The SMILES string of the molecule is Cc1nc2ccccc2n1C(=O)CCC(N)=O. The summed E-state index contributed by atoms with van der Waals surface area (Å²) in [4.78, 5) is 26.9. The lowest BCUT2D eigenvalue weighted by Gasteiger charge is -2.03. The molecule has 1 aromatic heterocycles. The maximum Gasteiger partial charge on any atom is 0.233 e. The Balaban J connectivity index is 2.37. The number of fused-ring (bicyclic) bond motifs is 1. The Morgan fingerprint density at radius 3 is 2.71 bits per heavy atom. The van der Waals surface area contributed by atoms with Crippen LogP contribution in [0.15, 0.2) is 24.3 Å². The van der Waals surface area contributed by atoms with Crippen LogP contribution < -0.4 is 5.73 Å². The minimum absolute atomic E-state index is 0.0603. The first-order chi connectivity index (χ1) is 8.09. The summed E-state index contributed by atoms with van der Waals surface area (Å²) in [7, 11) is 0. The number of hydrogen-bond acceptors (Lipinski definition) is 3. The smallest absolute Gasteiger partial charge is 0.233 e. The highest BCUT2D eigenvalue weighted by Crippen LogP contribution is 2.16. The molecular weight excluding hydrogens is 218 g/mol. The lowest BCUT2D eigenvalue weighted by molar-refractivity contribution is -0.118. The van der Waals surface area contributed by atoms with Gasteiger partial charge >= 0.3 is 0 Å². The summed E-state index contributed by atoms with van der Waals surface area (Å²) in [5.74, 6) is -0.00362. The van der Waals surface area contributed by atoms with E-state index >= 15 is 0 Å². The summed E-state index contributed by atoms with van der Waals surface area (Å²) in [6, 6.07) is 7.39. The van der Waals surface area contributed by atoms with E-state index in [9.17, 15) is 9.59 Å². The van der Waals surface area contributed by atoms with E-state index in [4.69, 9.17) is 5.73 Å². The van der Waals surface area contributed by atoms with Gasteiger partial charge in [0.05, 0.1) is 11.0 Å². The summed E-state index contributed by atoms with van der Waals surface area (Å²) in [5, 5.41) is 0. The van der Waals surface area contributed by atoms with Crippen LogP contribution in [-0.2, 0) is 4.79 Å². The largest absolute Gasteiger partial charge is 0.370 e. The van der Waals surface area contributed by atoms with Crippen LogP contribution in [0.1, 0.15) is 23.5 Å². The lowest BCUT2D eigenvalue weighted by atomic mass is 10.2. The summed E-state index contributed by atoms with van der Waals surface area (Å²) in [5.41, 5.74) is 6.57. The van der Waals surface area contributed by atoms with E-state index < -0.39 is 5.91 Å². The maximum absolute atomic E-state index is 12.0. The second-order valence-corrected chi connectivity index (χ2v) is 3.84. The second-order valence-electron chi connectivity index (χ2n) is 3.84. The van der Waals surface area contributed by atoms with Gasteiger partial charge in [0.25, 0.3) is 0 Å². The van der Waals surface area contributed by atoms with E-state index in [1.54, 1.807) is 6.92 Å². The molecule has 88 valence electrons. The molecule has 0 atom stereocenters. The van der Waals surface area contributed by atoms with Crippen LogP contribution in [0, 0.1) is 6.92 Å². The van der Waals surface area contributed by atoms with Crippen molar-refractivity contribution < 1.29 is 9.59 Å². The van der Waals surface area contributed by atoms with Gasteiger partial charge in [-0.1, -0.05) is 12.1 Å². The molecule has 2 N–H and O–H groups in total. The van der Waals surface area contributed by atoms with Gasteiger partial charge in [-0.2, -0.15) is 0 Å². The van der Waals surface area contributed by atoms with Gasteiger partial charge in [-0.25, -0.2) is 4.98 Å². The normalized spacial score (nSPS) is 10.6. The number of para-hydroxylation sites is 2. The van der Waals surface area contributed by atoms with Crippen LogP contribution in [0.3, 0.4) is 0 Å². The Morgan fingerprint density at radius 1 is 1.29 bits per heavy atom. The molecule has 0 unspecified atom stereocenters. The Morgan fingerprint density at radius 2 is 2.00 bits per heavy atom. The monoisotopic (exact) mass is 231 g/mol. The van der Waals surface area contributed by atoms with Crippen molar-refractivity contribution in [2.75, 3.05) is 0 Å². The van der Waals surface area contributed by atoms with Crippen LogP contribution in [-0.4, -0.2) is 21.4 Å². The molecular formula is C12H13N3O2. The van der Waals surface area contributed by atoms with Gasteiger partial charge in [0.1, 0.15) is 5.82 Å². The molecule has 0 aliphatic rings. The Hall–Kier alpha value is -2.17. The van der Waals surface area contributed by atoms with Crippen molar-refractivity contribution in [1.29, 1.82) is 0 Å². The van der Waals surface area contributed by atoms with Crippen LogP contribution in [0.4, 0.5) is 0 Å². The van der Waals surface area contributed by atoms with E-state index in [-0.39, 0.29) is 18.7 Å². The highest BCUT2D eigenvalue weighted by Gasteiger charge is 2.14. The minimum Gasteiger partial charge on any atom is -0.370 e. The van der Waals surface area contributed by atoms with E-state index in [1.165, 1.54) is 4.57 Å². The van der Waals surface area contributed by atoms with E-state index in [1.807, 2.05) is 24.3 Å². The highest BCUT2D eigenvalue weighted by atomic mass is 16.2. The number of aryl methyl sites for hydroxylation is 1. The van der Waals surface area contributed by atoms with Crippen LogP contribution >= 0.6 is 0 Å². The molecule has 1 heterocycles. The average molecular weight is 231 g/mol. The van der Waals surface area contributed by atoms with Gasteiger partial charge in [-0.15, -0.1) is 0 Å². The average Bonchev–Trinajstić information content (AvgIpc) is 2.61. The number of nitrogens with zero attached hydrogens (tertiary/aromatic N) is 2. The molecule has 0 aliphatic heterocycles. The first kappa shape index (κ1) is 11.3. The van der Waals surface area contributed by atoms with E-state index in [2.05, 4.69) is 4.98 Å². The second kappa shape index (κ2) is 4.37. The van der Waals surface area contributed by atoms with Gasteiger partial charge in [-0.05, 0) is 19.1 Å². The number of carbonyl (C=O) groups is 2.